The van der Waals surface area contributed by atoms with Crippen molar-refractivity contribution in [2.45, 2.75) is 43.8 Å². The van der Waals surface area contributed by atoms with Crippen molar-refractivity contribution >= 4 is 34.0 Å². The second-order valence-corrected chi connectivity index (χ2v) is 9.75. The normalized spacial score (nSPS) is 15.0. The summed E-state index contributed by atoms with van der Waals surface area (Å²) in [5, 5.41) is 13.0. The number of hydrogen-bond acceptors (Lipinski definition) is 3. The summed E-state index contributed by atoms with van der Waals surface area (Å²) < 4.78 is 0. The predicted octanol–water partition coefficient (Wildman–Crippen LogP) is 3.67. The van der Waals surface area contributed by atoms with E-state index >= 15 is 0 Å². The van der Waals surface area contributed by atoms with E-state index in [1.165, 1.54) is 34.7 Å². The Morgan fingerprint density at radius 3 is 2.41 bits per heavy atom. The fourth-order valence-corrected chi connectivity index (χ4v) is 4.49. The maximum Gasteiger partial charge on any atom is 0.237 e. The lowest BCUT2D eigenvalue weighted by Crippen LogP contribution is -2.53. The zero-order chi connectivity index (χ0) is 23.9. The molecule has 0 aliphatic heterocycles. The predicted molar refractivity (Wildman–Crippen MR) is 144 cm³/mol. The first-order valence-electron chi connectivity index (χ1n) is 12.0. The van der Waals surface area contributed by atoms with Crippen molar-refractivity contribution in [3.63, 3.8) is 0 Å². The molecule has 3 aromatic carbocycles. The average molecular weight is 475 g/mol. The highest BCUT2D eigenvalue weighted by Gasteiger charge is 2.26. The van der Waals surface area contributed by atoms with Crippen molar-refractivity contribution in [1.82, 2.24) is 20.9 Å². The molecule has 0 radical (unpaired) electrons. The number of likely N-dealkylation sites (N-methyl/N-ethyl adjacent to an activating group) is 1. The van der Waals surface area contributed by atoms with Crippen molar-refractivity contribution in [2.75, 3.05) is 20.6 Å². The van der Waals surface area contributed by atoms with Crippen molar-refractivity contribution in [1.29, 1.82) is 0 Å². The van der Waals surface area contributed by atoms with Crippen LogP contribution >= 0.6 is 12.2 Å². The van der Waals surface area contributed by atoms with Crippen LogP contribution in [0.5, 0.6) is 0 Å². The SMILES string of the molecule is CN(C)[C@H](Cc1cccc2ccccc12)C(=O)N[C@@H](CNC(=S)NC1CC1)Cc1ccccc1. The van der Waals surface area contributed by atoms with Crippen molar-refractivity contribution < 1.29 is 4.79 Å². The Hall–Kier alpha value is -2.96. The van der Waals surface area contributed by atoms with Gasteiger partial charge in [-0.3, -0.25) is 9.69 Å². The number of fused-ring (bicyclic) bond motifs is 1. The van der Waals surface area contributed by atoms with Crippen LogP contribution in [0, 0.1) is 0 Å². The third kappa shape index (κ3) is 6.78. The van der Waals surface area contributed by atoms with Gasteiger partial charge in [-0.15, -0.1) is 0 Å². The number of rotatable bonds is 10. The molecule has 1 aliphatic carbocycles. The lowest BCUT2D eigenvalue weighted by atomic mass is 9.97. The van der Waals surface area contributed by atoms with Gasteiger partial charge in [0.05, 0.1) is 12.1 Å². The van der Waals surface area contributed by atoms with Crippen LogP contribution in [0.1, 0.15) is 24.0 Å². The standard InChI is InChI=1S/C28H34N4OS/c1-32(2)26(18-22-13-8-12-21-11-6-7-14-25(21)22)27(33)30-24(17-20-9-4-3-5-10-20)19-29-28(34)31-23-15-16-23/h3-14,23-24,26H,15-19H2,1-2H3,(H,30,33)(H2,29,31,34)/t24-,26-/m1/s1. The second kappa shape index (κ2) is 11.4. The van der Waals surface area contributed by atoms with Gasteiger partial charge in [-0.1, -0.05) is 72.8 Å². The number of benzene rings is 3. The maximum absolute atomic E-state index is 13.5. The molecule has 0 bridgehead atoms. The number of carbonyl (C=O) groups excluding carboxylic acids is 1. The average Bonchev–Trinajstić information content (AvgIpc) is 3.65. The number of hydrogen-bond donors (Lipinski definition) is 3. The van der Waals surface area contributed by atoms with E-state index in [0.29, 0.717) is 24.1 Å². The summed E-state index contributed by atoms with van der Waals surface area (Å²) in [4.78, 5) is 15.5. The van der Waals surface area contributed by atoms with Gasteiger partial charge in [0.1, 0.15) is 0 Å². The molecule has 0 saturated heterocycles. The molecule has 0 spiro atoms. The zero-order valence-corrected chi connectivity index (χ0v) is 20.8. The highest BCUT2D eigenvalue weighted by Crippen LogP contribution is 2.21. The summed E-state index contributed by atoms with van der Waals surface area (Å²) in [6, 6.07) is 25.1. The summed E-state index contributed by atoms with van der Waals surface area (Å²) in [5.41, 5.74) is 2.37. The van der Waals surface area contributed by atoms with E-state index in [1.54, 1.807) is 0 Å². The molecular formula is C28H34N4OS. The molecule has 0 unspecified atom stereocenters. The Labute approximate surface area is 207 Å². The van der Waals surface area contributed by atoms with E-state index in [2.05, 4.69) is 64.5 Å². The van der Waals surface area contributed by atoms with Crippen LogP contribution in [0.25, 0.3) is 10.8 Å². The molecule has 178 valence electrons. The topological polar surface area (TPSA) is 56.4 Å². The number of nitrogens with one attached hydrogen (secondary N) is 3. The van der Waals surface area contributed by atoms with Gasteiger partial charge >= 0.3 is 0 Å². The maximum atomic E-state index is 13.5. The van der Waals surface area contributed by atoms with Gasteiger partial charge in [0.25, 0.3) is 0 Å². The fraction of sp³-hybridized carbons (Fsp3) is 0.357. The molecule has 34 heavy (non-hydrogen) atoms. The van der Waals surface area contributed by atoms with Crippen LogP contribution in [0.2, 0.25) is 0 Å². The van der Waals surface area contributed by atoms with Crippen LogP contribution in [0.4, 0.5) is 0 Å². The van der Waals surface area contributed by atoms with E-state index in [0.717, 1.165) is 6.42 Å². The first-order valence-corrected chi connectivity index (χ1v) is 12.4. The molecule has 0 heterocycles. The van der Waals surface area contributed by atoms with Crippen LogP contribution in [-0.4, -0.2) is 54.7 Å². The quantitative estimate of drug-likeness (QED) is 0.392. The lowest BCUT2D eigenvalue weighted by Gasteiger charge is -2.28. The Morgan fingerprint density at radius 1 is 0.971 bits per heavy atom. The van der Waals surface area contributed by atoms with Gasteiger partial charge in [-0.05, 0) is 73.9 Å². The van der Waals surface area contributed by atoms with Crippen molar-refractivity contribution in [3.8, 4) is 0 Å². The molecule has 0 aromatic heterocycles. The highest BCUT2D eigenvalue weighted by molar-refractivity contribution is 7.80. The van der Waals surface area contributed by atoms with Gasteiger partial charge in [0.2, 0.25) is 5.91 Å². The monoisotopic (exact) mass is 474 g/mol. The summed E-state index contributed by atoms with van der Waals surface area (Å²) in [6.45, 7) is 0.577. The van der Waals surface area contributed by atoms with E-state index < -0.39 is 0 Å². The summed E-state index contributed by atoms with van der Waals surface area (Å²) >= 11 is 5.45. The van der Waals surface area contributed by atoms with Gasteiger partial charge in [0, 0.05) is 12.6 Å². The van der Waals surface area contributed by atoms with Gasteiger partial charge in [-0.2, -0.15) is 0 Å². The number of carbonyl (C=O) groups is 1. The van der Waals surface area contributed by atoms with Gasteiger partial charge in [-0.25, -0.2) is 0 Å². The second-order valence-electron chi connectivity index (χ2n) is 9.35. The molecule has 6 heteroatoms. The Morgan fingerprint density at radius 2 is 1.68 bits per heavy atom. The summed E-state index contributed by atoms with van der Waals surface area (Å²) in [5.74, 6) is 0.0294. The number of thiocarbonyl (C=S) groups is 1. The van der Waals surface area contributed by atoms with Crippen LogP contribution in [0.15, 0.2) is 72.8 Å². The zero-order valence-electron chi connectivity index (χ0n) is 20.0. The summed E-state index contributed by atoms with van der Waals surface area (Å²) in [7, 11) is 3.93. The number of nitrogens with zero attached hydrogens (tertiary/aromatic N) is 1. The highest BCUT2D eigenvalue weighted by atomic mass is 32.1. The summed E-state index contributed by atoms with van der Waals surface area (Å²) in [6.07, 6.45) is 3.72. The molecule has 3 aromatic rings. The molecule has 4 rings (SSSR count). The van der Waals surface area contributed by atoms with Gasteiger partial charge < -0.3 is 16.0 Å². The number of amides is 1. The molecule has 1 amide bonds. The Kier molecular flexibility index (Phi) is 8.14. The van der Waals surface area contributed by atoms with Crippen LogP contribution in [-0.2, 0) is 17.6 Å². The minimum Gasteiger partial charge on any atom is -0.361 e. The van der Waals surface area contributed by atoms with Crippen LogP contribution < -0.4 is 16.0 Å². The Bertz CT molecular complexity index is 1110. The van der Waals surface area contributed by atoms with E-state index in [1.807, 2.05) is 43.3 Å². The minimum absolute atomic E-state index is 0.0294. The molecule has 1 aliphatic rings. The smallest absolute Gasteiger partial charge is 0.237 e. The first kappa shape index (κ1) is 24.2. The van der Waals surface area contributed by atoms with Crippen molar-refractivity contribution in [2.24, 2.45) is 0 Å². The van der Waals surface area contributed by atoms with Crippen molar-refractivity contribution in [3.05, 3.63) is 83.9 Å². The first-order chi connectivity index (χ1) is 16.5. The molecular weight excluding hydrogens is 440 g/mol. The molecule has 1 fully saturated rings. The third-order valence-electron chi connectivity index (χ3n) is 6.31. The van der Waals surface area contributed by atoms with E-state index in [-0.39, 0.29) is 18.0 Å². The molecule has 2 atom stereocenters. The molecule has 5 nitrogen and oxygen atoms in total. The van der Waals surface area contributed by atoms with E-state index in [9.17, 15) is 4.79 Å². The van der Waals surface area contributed by atoms with Crippen LogP contribution in [0.3, 0.4) is 0 Å². The van der Waals surface area contributed by atoms with Gasteiger partial charge in [0.15, 0.2) is 5.11 Å². The fourth-order valence-electron chi connectivity index (χ4n) is 4.24. The minimum atomic E-state index is -0.277. The molecule has 1 saturated carbocycles. The van der Waals surface area contributed by atoms with E-state index in [4.69, 9.17) is 12.2 Å². The third-order valence-corrected chi connectivity index (χ3v) is 6.57. The lowest BCUT2D eigenvalue weighted by molar-refractivity contribution is -0.126. The largest absolute Gasteiger partial charge is 0.361 e. The molecule has 3 N–H and O–H groups in total. The Balaban J connectivity index is 1.46.